The van der Waals surface area contributed by atoms with Crippen LogP contribution in [0.25, 0.3) is 5.69 Å². The average Bonchev–Trinajstić information content (AvgIpc) is 2.98. The van der Waals surface area contributed by atoms with Crippen molar-refractivity contribution in [3.8, 4) is 5.69 Å². The third-order valence-electron chi connectivity index (χ3n) is 4.01. The molecule has 7 heteroatoms. The zero-order chi connectivity index (χ0) is 16.9. The van der Waals surface area contributed by atoms with Gasteiger partial charge in [-0.1, -0.05) is 0 Å². The molecule has 1 aromatic heterocycles. The van der Waals surface area contributed by atoms with Gasteiger partial charge in [-0.15, -0.1) is 0 Å². The predicted molar refractivity (Wildman–Crippen MR) is 87.9 cm³/mol. The minimum absolute atomic E-state index is 0.202. The summed E-state index contributed by atoms with van der Waals surface area (Å²) in [6.45, 7) is 6.52. The Balaban J connectivity index is 1.59. The SMILES string of the molecule is Cc1cc(C(=O)NCCN2CCOCC2)nn1-c1ccc(F)cc1. The van der Waals surface area contributed by atoms with Gasteiger partial charge in [-0.25, -0.2) is 9.07 Å². The van der Waals surface area contributed by atoms with Crippen molar-refractivity contribution in [1.82, 2.24) is 20.0 Å². The smallest absolute Gasteiger partial charge is 0.271 e. The van der Waals surface area contributed by atoms with Gasteiger partial charge in [-0.05, 0) is 37.3 Å². The van der Waals surface area contributed by atoms with Gasteiger partial charge in [0, 0.05) is 31.9 Å². The van der Waals surface area contributed by atoms with E-state index in [0.29, 0.717) is 12.2 Å². The summed E-state index contributed by atoms with van der Waals surface area (Å²) in [5.41, 5.74) is 1.90. The van der Waals surface area contributed by atoms with Crippen LogP contribution in [-0.4, -0.2) is 60.0 Å². The number of carbonyl (C=O) groups excluding carboxylic acids is 1. The van der Waals surface area contributed by atoms with E-state index in [2.05, 4.69) is 15.3 Å². The first-order valence-electron chi connectivity index (χ1n) is 8.04. The number of morpholine rings is 1. The second-order valence-electron chi connectivity index (χ2n) is 5.77. The Hall–Kier alpha value is -2.25. The number of hydrogen-bond acceptors (Lipinski definition) is 4. The molecule has 0 unspecified atom stereocenters. The minimum Gasteiger partial charge on any atom is -0.379 e. The molecular weight excluding hydrogens is 311 g/mol. The van der Waals surface area contributed by atoms with E-state index >= 15 is 0 Å². The Labute approximate surface area is 140 Å². The highest BCUT2D eigenvalue weighted by molar-refractivity contribution is 5.92. The van der Waals surface area contributed by atoms with Gasteiger partial charge in [-0.2, -0.15) is 5.10 Å². The van der Waals surface area contributed by atoms with Gasteiger partial charge in [-0.3, -0.25) is 9.69 Å². The number of ether oxygens (including phenoxy) is 1. The molecule has 1 aliphatic heterocycles. The first-order valence-corrected chi connectivity index (χ1v) is 8.04. The average molecular weight is 332 g/mol. The lowest BCUT2D eigenvalue weighted by Gasteiger charge is -2.26. The lowest BCUT2D eigenvalue weighted by Crippen LogP contribution is -2.41. The Morgan fingerprint density at radius 3 is 2.71 bits per heavy atom. The third-order valence-corrected chi connectivity index (χ3v) is 4.01. The number of benzene rings is 1. The van der Waals surface area contributed by atoms with Crippen LogP contribution in [0, 0.1) is 12.7 Å². The van der Waals surface area contributed by atoms with Crippen LogP contribution >= 0.6 is 0 Å². The first-order chi connectivity index (χ1) is 11.6. The number of aromatic nitrogens is 2. The van der Waals surface area contributed by atoms with Gasteiger partial charge >= 0.3 is 0 Å². The van der Waals surface area contributed by atoms with Crippen LogP contribution in [0.4, 0.5) is 4.39 Å². The fraction of sp³-hybridized carbons (Fsp3) is 0.412. The Kier molecular flexibility index (Phi) is 5.22. The molecule has 1 aliphatic rings. The molecule has 2 heterocycles. The highest BCUT2D eigenvalue weighted by atomic mass is 19.1. The van der Waals surface area contributed by atoms with Crippen LogP contribution < -0.4 is 5.32 Å². The quantitative estimate of drug-likeness (QED) is 0.899. The summed E-state index contributed by atoms with van der Waals surface area (Å²) >= 11 is 0. The van der Waals surface area contributed by atoms with Crippen molar-refractivity contribution in [2.45, 2.75) is 6.92 Å². The van der Waals surface area contributed by atoms with E-state index in [1.54, 1.807) is 22.9 Å². The first kappa shape index (κ1) is 16.6. The van der Waals surface area contributed by atoms with Crippen molar-refractivity contribution >= 4 is 5.91 Å². The molecule has 1 N–H and O–H groups in total. The van der Waals surface area contributed by atoms with E-state index in [0.717, 1.165) is 44.2 Å². The molecule has 0 saturated carbocycles. The standard InChI is InChI=1S/C17H21FN4O2/c1-13-12-16(20-22(13)15-4-2-14(18)3-5-15)17(23)19-6-7-21-8-10-24-11-9-21/h2-5,12H,6-11H2,1H3,(H,19,23). The molecular formula is C17H21FN4O2. The zero-order valence-corrected chi connectivity index (χ0v) is 13.7. The van der Waals surface area contributed by atoms with Crippen molar-refractivity contribution in [1.29, 1.82) is 0 Å². The number of halogens is 1. The Morgan fingerprint density at radius 1 is 1.29 bits per heavy atom. The molecule has 1 amide bonds. The summed E-state index contributed by atoms with van der Waals surface area (Å²) in [4.78, 5) is 14.5. The van der Waals surface area contributed by atoms with Crippen LogP contribution in [0.3, 0.4) is 0 Å². The molecule has 0 spiro atoms. The third kappa shape index (κ3) is 3.98. The fourth-order valence-corrected chi connectivity index (χ4v) is 2.67. The maximum absolute atomic E-state index is 13.0. The summed E-state index contributed by atoms with van der Waals surface area (Å²) in [6.07, 6.45) is 0. The summed E-state index contributed by atoms with van der Waals surface area (Å²) < 4.78 is 20.0. The normalized spacial score (nSPS) is 15.4. The van der Waals surface area contributed by atoms with Crippen LogP contribution in [0.5, 0.6) is 0 Å². The van der Waals surface area contributed by atoms with Gasteiger partial charge in [0.1, 0.15) is 5.82 Å². The molecule has 6 nitrogen and oxygen atoms in total. The van der Waals surface area contributed by atoms with E-state index in [4.69, 9.17) is 4.74 Å². The molecule has 0 bridgehead atoms. The Bertz CT molecular complexity index is 693. The number of amides is 1. The molecule has 24 heavy (non-hydrogen) atoms. The number of hydrogen-bond donors (Lipinski definition) is 1. The largest absolute Gasteiger partial charge is 0.379 e. The minimum atomic E-state index is -0.301. The molecule has 2 aromatic rings. The molecule has 0 aliphatic carbocycles. The summed E-state index contributed by atoms with van der Waals surface area (Å²) in [5.74, 6) is -0.503. The van der Waals surface area contributed by atoms with E-state index < -0.39 is 0 Å². The highest BCUT2D eigenvalue weighted by Gasteiger charge is 2.14. The number of nitrogens with one attached hydrogen (secondary N) is 1. The van der Waals surface area contributed by atoms with Crippen LogP contribution in [0.1, 0.15) is 16.2 Å². The lowest BCUT2D eigenvalue weighted by molar-refractivity contribution is 0.0383. The maximum Gasteiger partial charge on any atom is 0.271 e. The number of carbonyl (C=O) groups is 1. The summed E-state index contributed by atoms with van der Waals surface area (Å²) in [7, 11) is 0. The second kappa shape index (κ2) is 7.55. The van der Waals surface area contributed by atoms with Crippen molar-refractivity contribution < 1.29 is 13.9 Å². The van der Waals surface area contributed by atoms with Crippen molar-refractivity contribution in [3.05, 3.63) is 47.5 Å². The van der Waals surface area contributed by atoms with Gasteiger partial charge in [0.25, 0.3) is 5.91 Å². The molecule has 1 saturated heterocycles. The number of nitrogens with zero attached hydrogens (tertiary/aromatic N) is 3. The van der Waals surface area contributed by atoms with E-state index in [-0.39, 0.29) is 11.7 Å². The van der Waals surface area contributed by atoms with Crippen molar-refractivity contribution in [2.75, 3.05) is 39.4 Å². The fourth-order valence-electron chi connectivity index (χ4n) is 2.67. The molecule has 0 radical (unpaired) electrons. The summed E-state index contributed by atoms with van der Waals surface area (Å²) in [5, 5.41) is 7.21. The Morgan fingerprint density at radius 2 is 2.00 bits per heavy atom. The lowest BCUT2D eigenvalue weighted by atomic mass is 10.3. The number of rotatable bonds is 5. The monoisotopic (exact) mass is 332 g/mol. The van der Waals surface area contributed by atoms with E-state index in [9.17, 15) is 9.18 Å². The summed E-state index contributed by atoms with van der Waals surface area (Å²) in [6, 6.07) is 7.75. The van der Waals surface area contributed by atoms with Gasteiger partial charge in [0.15, 0.2) is 5.69 Å². The van der Waals surface area contributed by atoms with Crippen molar-refractivity contribution in [2.24, 2.45) is 0 Å². The highest BCUT2D eigenvalue weighted by Crippen LogP contribution is 2.13. The molecule has 1 fully saturated rings. The van der Waals surface area contributed by atoms with Crippen LogP contribution in [-0.2, 0) is 4.74 Å². The molecule has 128 valence electrons. The van der Waals surface area contributed by atoms with Gasteiger partial charge < -0.3 is 10.1 Å². The predicted octanol–water partition coefficient (Wildman–Crippen LogP) is 1.38. The topological polar surface area (TPSA) is 59.4 Å². The maximum atomic E-state index is 13.0. The molecule has 0 atom stereocenters. The zero-order valence-electron chi connectivity index (χ0n) is 13.7. The van der Waals surface area contributed by atoms with Crippen LogP contribution in [0.2, 0.25) is 0 Å². The van der Waals surface area contributed by atoms with E-state index in [1.165, 1.54) is 12.1 Å². The molecule has 1 aromatic carbocycles. The van der Waals surface area contributed by atoms with Gasteiger partial charge in [0.2, 0.25) is 0 Å². The van der Waals surface area contributed by atoms with Gasteiger partial charge in [0.05, 0.1) is 18.9 Å². The van der Waals surface area contributed by atoms with Crippen LogP contribution in [0.15, 0.2) is 30.3 Å². The second-order valence-corrected chi connectivity index (χ2v) is 5.77. The molecule has 3 rings (SSSR count). The number of aryl methyl sites for hydroxylation is 1. The van der Waals surface area contributed by atoms with E-state index in [1.807, 2.05) is 6.92 Å². The van der Waals surface area contributed by atoms with Crippen molar-refractivity contribution in [3.63, 3.8) is 0 Å².